The minimum atomic E-state index is 0.503. The van der Waals surface area contributed by atoms with Crippen LogP contribution in [0.25, 0.3) is 5.69 Å². The van der Waals surface area contributed by atoms with Gasteiger partial charge in [-0.1, -0.05) is 18.1 Å². The molecule has 0 amide bonds. The minimum absolute atomic E-state index is 0.503. The SMILES string of the molecule is C#CCN1CCC(Nc2ccccc2-n2ccnc2)CC1. The molecule has 0 unspecified atom stereocenters. The molecule has 4 nitrogen and oxygen atoms in total. The van der Waals surface area contributed by atoms with Gasteiger partial charge in [-0.25, -0.2) is 4.98 Å². The van der Waals surface area contributed by atoms with Crippen LogP contribution in [0.3, 0.4) is 0 Å². The fourth-order valence-electron chi connectivity index (χ4n) is 2.81. The first-order valence-corrected chi connectivity index (χ1v) is 7.36. The van der Waals surface area contributed by atoms with Crippen molar-refractivity contribution >= 4 is 5.69 Å². The topological polar surface area (TPSA) is 33.1 Å². The van der Waals surface area contributed by atoms with Crippen molar-refractivity contribution in [3.8, 4) is 18.0 Å². The van der Waals surface area contributed by atoms with Crippen LogP contribution in [-0.2, 0) is 0 Å². The van der Waals surface area contributed by atoms with E-state index in [2.05, 4.69) is 45.4 Å². The molecule has 0 bridgehead atoms. The number of likely N-dealkylation sites (tertiary alicyclic amines) is 1. The van der Waals surface area contributed by atoms with Crippen LogP contribution in [-0.4, -0.2) is 40.1 Å². The molecule has 21 heavy (non-hydrogen) atoms. The molecule has 1 N–H and O–H groups in total. The Labute approximate surface area is 125 Å². The van der Waals surface area contributed by atoms with Gasteiger partial charge in [-0.2, -0.15) is 0 Å². The molecule has 0 atom stereocenters. The van der Waals surface area contributed by atoms with Crippen molar-refractivity contribution in [1.29, 1.82) is 0 Å². The third kappa shape index (κ3) is 3.26. The van der Waals surface area contributed by atoms with E-state index in [1.54, 1.807) is 6.20 Å². The van der Waals surface area contributed by atoms with Crippen molar-refractivity contribution in [2.45, 2.75) is 18.9 Å². The minimum Gasteiger partial charge on any atom is -0.381 e. The van der Waals surface area contributed by atoms with E-state index in [0.717, 1.165) is 43.9 Å². The Bertz CT molecular complexity index is 604. The molecule has 108 valence electrons. The highest BCUT2D eigenvalue weighted by Gasteiger charge is 2.19. The van der Waals surface area contributed by atoms with Crippen LogP contribution >= 0.6 is 0 Å². The molecule has 1 aliphatic rings. The van der Waals surface area contributed by atoms with Crippen molar-refractivity contribution in [2.24, 2.45) is 0 Å². The summed E-state index contributed by atoms with van der Waals surface area (Å²) in [6.45, 7) is 2.89. The highest BCUT2D eigenvalue weighted by molar-refractivity contribution is 5.61. The first kappa shape index (κ1) is 13.7. The van der Waals surface area contributed by atoms with Gasteiger partial charge in [-0.05, 0) is 25.0 Å². The average Bonchev–Trinajstić information content (AvgIpc) is 3.04. The number of anilines is 1. The molecular formula is C17H20N4. The van der Waals surface area contributed by atoms with Gasteiger partial charge in [-0.15, -0.1) is 6.42 Å². The maximum Gasteiger partial charge on any atom is 0.0992 e. The second kappa shape index (κ2) is 6.47. The zero-order valence-electron chi connectivity index (χ0n) is 12.1. The van der Waals surface area contributed by atoms with Crippen LogP contribution in [0.1, 0.15) is 12.8 Å². The fourth-order valence-corrected chi connectivity index (χ4v) is 2.81. The Balaban J connectivity index is 1.68. The molecule has 2 aromatic rings. The Morgan fingerprint density at radius 2 is 2.10 bits per heavy atom. The van der Waals surface area contributed by atoms with Gasteiger partial charge in [0.15, 0.2) is 0 Å². The van der Waals surface area contributed by atoms with Gasteiger partial charge in [0, 0.05) is 31.5 Å². The number of rotatable bonds is 4. The lowest BCUT2D eigenvalue weighted by atomic mass is 10.0. The molecule has 1 aliphatic heterocycles. The van der Waals surface area contributed by atoms with Gasteiger partial charge in [-0.3, -0.25) is 4.90 Å². The molecule has 1 aromatic carbocycles. The molecule has 0 aliphatic carbocycles. The molecule has 0 saturated carbocycles. The molecular weight excluding hydrogens is 260 g/mol. The van der Waals surface area contributed by atoms with Gasteiger partial charge in [0.1, 0.15) is 0 Å². The lowest BCUT2D eigenvalue weighted by Gasteiger charge is -2.32. The van der Waals surface area contributed by atoms with E-state index in [9.17, 15) is 0 Å². The first-order chi connectivity index (χ1) is 10.4. The predicted octanol–water partition coefficient (Wildman–Crippen LogP) is 2.38. The third-order valence-electron chi connectivity index (χ3n) is 3.95. The summed E-state index contributed by atoms with van der Waals surface area (Å²) in [5.74, 6) is 2.72. The summed E-state index contributed by atoms with van der Waals surface area (Å²) in [5.41, 5.74) is 2.30. The number of nitrogens with zero attached hydrogens (tertiary/aromatic N) is 3. The molecule has 2 heterocycles. The maximum absolute atomic E-state index is 5.38. The molecule has 0 spiro atoms. The Morgan fingerprint density at radius 3 is 2.81 bits per heavy atom. The lowest BCUT2D eigenvalue weighted by molar-refractivity contribution is 0.243. The van der Waals surface area contributed by atoms with E-state index in [4.69, 9.17) is 6.42 Å². The monoisotopic (exact) mass is 280 g/mol. The van der Waals surface area contributed by atoms with Crippen molar-refractivity contribution in [3.05, 3.63) is 43.0 Å². The van der Waals surface area contributed by atoms with E-state index in [1.807, 2.05) is 17.1 Å². The summed E-state index contributed by atoms with van der Waals surface area (Å²) in [5, 5.41) is 3.67. The molecule has 0 radical (unpaired) electrons. The Kier molecular flexibility index (Phi) is 4.23. The quantitative estimate of drug-likeness (QED) is 0.873. The first-order valence-electron chi connectivity index (χ1n) is 7.36. The van der Waals surface area contributed by atoms with Crippen molar-refractivity contribution in [3.63, 3.8) is 0 Å². The molecule has 1 fully saturated rings. The van der Waals surface area contributed by atoms with Crippen LogP contribution in [0.5, 0.6) is 0 Å². The number of nitrogens with one attached hydrogen (secondary N) is 1. The summed E-state index contributed by atoms with van der Waals surface area (Å²) >= 11 is 0. The van der Waals surface area contributed by atoms with Crippen LogP contribution in [0, 0.1) is 12.3 Å². The second-order valence-electron chi connectivity index (χ2n) is 5.39. The van der Waals surface area contributed by atoms with Crippen LogP contribution in [0.2, 0.25) is 0 Å². The van der Waals surface area contributed by atoms with Crippen LogP contribution in [0.15, 0.2) is 43.0 Å². The summed E-state index contributed by atoms with van der Waals surface area (Å²) in [7, 11) is 0. The van der Waals surface area contributed by atoms with Gasteiger partial charge in [0.05, 0.1) is 24.2 Å². The summed E-state index contributed by atoms with van der Waals surface area (Å²) in [6.07, 6.45) is 13.2. The number of piperidine rings is 1. The maximum atomic E-state index is 5.38. The van der Waals surface area contributed by atoms with Gasteiger partial charge < -0.3 is 9.88 Å². The number of benzene rings is 1. The standard InChI is InChI=1S/C17H20N4/c1-2-10-20-11-7-15(8-12-20)19-16-5-3-4-6-17(16)21-13-9-18-14-21/h1,3-6,9,13-15,19H,7-8,10-12H2. The second-order valence-corrected chi connectivity index (χ2v) is 5.39. The molecule has 3 rings (SSSR count). The van der Waals surface area contributed by atoms with Crippen LogP contribution in [0.4, 0.5) is 5.69 Å². The number of hydrogen-bond acceptors (Lipinski definition) is 3. The number of aromatic nitrogens is 2. The van der Waals surface area contributed by atoms with Crippen molar-refractivity contribution in [2.75, 3.05) is 25.0 Å². The Morgan fingerprint density at radius 1 is 1.29 bits per heavy atom. The largest absolute Gasteiger partial charge is 0.381 e. The molecule has 4 heteroatoms. The number of terminal acetylenes is 1. The number of hydrogen-bond donors (Lipinski definition) is 1. The highest BCUT2D eigenvalue weighted by Crippen LogP contribution is 2.23. The normalized spacial score (nSPS) is 16.5. The van der Waals surface area contributed by atoms with Gasteiger partial charge in [0.25, 0.3) is 0 Å². The van der Waals surface area contributed by atoms with E-state index in [1.165, 1.54) is 0 Å². The number of imidazole rings is 1. The van der Waals surface area contributed by atoms with E-state index in [0.29, 0.717) is 6.04 Å². The summed E-state index contributed by atoms with van der Waals surface area (Å²) in [6, 6.07) is 8.86. The summed E-state index contributed by atoms with van der Waals surface area (Å²) < 4.78 is 2.04. The van der Waals surface area contributed by atoms with Crippen LogP contribution < -0.4 is 5.32 Å². The van der Waals surface area contributed by atoms with E-state index < -0.39 is 0 Å². The number of para-hydroxylation sites is 2. The van der Waals surface area contributed by atoms with E-state index >= 15 is 0 Å². The fraction of sp³-hybridized carbons (Fsp3) is 0.353. The van der Waals surface area contributed by atoms with Gasteiger partial charge in [0.2, 0.25) is 0 Å². The van der Waals surface area contributed by atoms with Crippen molar-refractivity contribution in [1.82, 2.24) is 14.5 Å². The predicted molar refractivity (Wildman–Crippen MR) is 85.5 cm³/mol. The smallest absolute Gasteiger partial charge is 0.0992 e. The Hall–Kier alpha value is -2.25. The lowest BCUT2D eigenvalue weighted by Crippen LogP contribution is -2.39. The average molecular weight is 280 g/mol. The third-order valence-corrected chi connectivity index (χ3v) is 3.95. The highest BCUT2D eigenvalue weighted by atomic mass is 15.1. The zero-order valence-corrected chi connectivity index (χ0v) is 12.1. The zero-order chi connectivity index (χ0) is 14.5. The summed E-state index contributed by atoms with van der Waals surface area (Å²) in [4.78, 5) is 6.46. The van der Waals surface area contributed by atoms with Gasteiger partial charge >= 0.3 is 0 Å². The van der Waals surface area contributed by atoms with Crippen molar-refractivity contribution < 1.29 is 0 Å². The van der Waals surface area contributed by atoms with E-state index in [-0.39, 0.29) is 0 Å². The molecule has 1 aromatic heterocycles. The molecule has 1 saturated heterocycles.